The molecule has 0 aliphatic heterocycles. The molecular formula is C15H16O4S. The summed E-state index contributed by atoms with van der Waals surface area (Å²) in [7, 11) is 0. The number of thiophene rings is 1. The zero-order valence-corrected chi connectivity index (χ0v) is 12.3. The molecule has 2 aromatic rings. The van der Waals surface area contributed by atoms with Gasteiger partial charge in [0, 0.05) is 11.1 Å². The van der Waals surface area contributed by atoms with Crippen LogP contribution in [-0.2, 0) is 4.79 Å². The van der Waals surface area contributed by atoms with Crippen LogP contribution in [-0.4, -0.2) is 23.5 Å². The average Bonchev–Trinajstić information content (AvgIpc) is 2.79. The molecule has 0 saturated carbocycles. The molecule has 1 heterocycles. The minimum absolute atomic E-state index is 0.0411. The van der Waals surface area contributed by atoms with Gasteiger partial charge < -0.3 is 9.84 Å². The summed E-state index contributed by atoms with van der Waals surface area (Å²) in [6.45, 7) is 4.50. The van der Waals surface area contributed by atoms with Crippen molar-refractivity contribution in [3.05, 3.63) is 28.6 Å². The number of rotatable bonds is 6. The maximum atomic E-state index is 11.9. The summed E-state index contributed by atoms with van der Waals surface area (Å²) in [5.41, 5.74) is 1.03. The lowest BCUT2D eigenvalue weighted by Crippen LogP contribution is -2.01. The molecule has 1 N–H and O–H groups in total. The Morgan fingerprint density at radius 3 is 2.65 bits per heavy atom. The highest BCUT2D eigenvalue weighted by molar-refractivity contribution is 7.20. The molecule has 0 radical (unpaired) electrons. The van der Waals surface area contributed by atoms with Crippen LogP contribution in [0.5, 0.6) is 5.75 Å². The fraction of sp³-hybridized carbons (Fsp3) is 0.333. The van der Waals surface area contributed by atoms with E-state index in [-0.39, 0.29) is 18.6 Å². The largest absolute Gasteiger partial charge is 0.494 e. The number of fused-ring (bicyclic) bond motifs is 1. The number of aliphatic carboxylic acids is 1. The number of carboxylic acid groups (broad SMARTS) is 1. The molecule has 5 heteroatoms. The van der Waals surface area contributed by atoms with Crippen molar-refractivity contribution in [2.24, 2.45) is 0 Å². The number of hydrogen-bond acceptors (Lipinski definition) is 4. The predicted octanol–water partition coefficient (Wildman–Crippen LogP) is 3.66. The van der Waals surface area contributed by atoms with Crippen LogP contribution >= 0.6 is 11.3 Å². The summed E-state index contributed by atoms with van der Waals surface area (Å²) in [4.78, 5) is 23.0. The van der Waals surface area contributed by atoms with Gasteiger partial charge in [-0.2, -0.15) is 0 Å². The molecular weight excluding hydrogens is 276 g/mol. The molecule has 0 bridgehead atoms. The number of carbonyl (C=O) groups excluding carboxylic acids is 1. The topological polar surface area (TPSA) is 63.6 Å². The van der Waals surface area contributed by atoms with Crippen LogP contribution in [0, 0.1) is 6.92 Å². The Labute approximate surface area is 121 Å². The highest BCUT2D eigenvalue weighted by Crippen LogP contribution is 2.32. The third kappa shape index (κ3) is 3.17. The maximum absolute atomic E-state index is 11.9. The number of hydrogen-bond donors (Lipinski definition) is 1. The van der Waals surface area contributed by atoms with Crippen molar-refractivity contribution in [1.82, 2.24) is 0 Å². The zero-order chi connectivity index (χ0) is 14.7. The van der Waals surface area contributed by atoms with Gasteiger partial charge in [0.1, 0.15) is 5.75 Å². The molecule has 0 atom stereocenters. The van der Waals surface area contributed by atoms with Crippen LogP contribution in [0.2, 0.25) is 0 Å². The first kappa shape index (κ1) is 14.5. The molecule has 106 valence electrons. The second kappa shape index (κ2) is 6.05. The molecule has 1 aromatic carbocycles. The van der Waals surface area contributed by atoms with E-state index in [1.807, 2.05) is 32.0 Å². The van der Waals surface area contributed by atoms with Gasteiger partial charge >= 0.3 is 5.97 Å². The Morgan fingerprint density at radius 1 is 1.25 bits per heavy atom. The summed E-state index contributed by atoms with van der Waals surface area (Å²) < 4.78 is 6.55. The van der Waals surface area contributed by atoms with E-state index in [1.165, 1.54) is 11.3 Å². The van der Waals surface area contributed by atoms with Crippen LogP contribution < -0.4 is 4.74 Å². The molecule has 0 aliphatic carbocycles. The highest BCUT2D eigenvalue weighted by atomic mass is 32.1. The number of ketones is 1. The molecule has 0 amide bonds. The summed E-state index contributed by atoms with van der Waals surface area (Å²) in [5.74, 6) is -0.250. The molecule has 0 fully saturated rings. The van der Waals surface area contributed by atoms with Crippen LogP contribution in [0.25, 0.3) is 10.1 Å². The Hall–Kier alpha value is -1.88. The number of ether oxygens (including phenoxy) is 1. The molecule has 4 nitrogen and oxygen atoms in total. The van der Waals surface area contributed by atoms with E-state index < -0.39 is 5.97 Å². The van der Waals surface area contributed by atoms with Crippen molar-refractivity contribution in [1.29, 1.82) is 0 Å². The van der Waals surface area contributed by atoms with Gasteiger partial charge in [0.15, 0.2) is 5.78 Å². The minimum Gasteiger partial charge on any atom is -0.494 e. The number of benzene rings is 1. The van der Waals surface area contributed by atoms with Crippen molar-refractivity contribution >= 4 is 33.2 Å². The smallest absolute Gasteiger partial charge is 0.303 e. The first-order valence-corrected chi connectivity index (χ1v) is 7.25. The van der Waals surface area contributed by atoms with Gasteiger partial charge in [-0.25, -0.2) is 0 Å². The lowest BCUT2D eigenvalue weighted by Gasteiger charge is -2.06. The standard InChI is InChI=1S/C15H16O4S/c1-3-19-12-7-10-8-14(11(16)4-5-15(17)18)20-13(10)6-9(12)2/h6-8H,3-5H2,1-2H3,(H,17,18). The van der Waals surface area contributed by atoms with Crippen LogP contribution in [0.3, 0.4) is 0 Å². The Balaban J connectivity index is 2.29. The normalized spacial score (nSPS) is 10.7. The molecule has 0 aliphatic rings. The summed E-state index contributed by atoms with van der Waals surface area (Å²) >= 11 is 1.40. The van der Waals surface area contributed by atoms with E-state index in [2.05, 4.69) is 0 Å². The third-order valence-electron chi connectivity index (χ3n) is 2.95. The maximum Gasteiger partial charge on any atom is 0.303 e. The van der Waals surface area contributed by atoms with Crippen molar-refractivity contribution in [2.45, 2.75) is 26.7 Å². The van der Waals surface area contributed by atoms with Crippen LogP contribution in [0.15, 0.2) is 18.2 Å². The first-order chi connectivity index (χ1) is 9.51. The van der Waals surface area contributed by atoms with Gasteiger partial charge in [0.2, 0.25) is 0 Å². The lowest BCUT2D eigenvalue weighted by atomic mass is 10.1. The fourth-order valence-electron chi connectivity index (χ4n) is 1.96. The average molecular weight is 292 g/mol. The number of carboxylic acids is 1. The lowest BCUT2D eigenvalue weighted by molar-refractivity contribution is -0.136. The van der Waals surface area contributed by atoms with Crippen LogP contribution in [0.1, 0.15) is 35.0 Å². The SMILES string of the molecule is CCOc1cc2cc(C(=O)CCC(=O)O)sc2cc1C. The predicted molar refractivity (Wildman–Crippen MR) is 78.9 cm³/mol. The fourth-order valence-corrected chi connectivity index (χ4v) is 3.07. The number of Topliss-reactive ketones (excluding diaryl/α,β-unsaturated/α-hetero) is 1. The summed E-state index contributed by atoms with van der Waals surface area (Å²) in [6.07, 6.45) is -0.0875. The van der Waals surface area contributed by atoms with Gasteiger partial charge in [-0.15, -0.1) is 11.3 Å². The Kier molecular flexibility index (Phi) is 4.39. The Morgan fingerprint density at radius 2 is 2.00 bits per heavy atom. The number of aryl methyl sites for hydroxylation is 1. The van der Waals surface area contributed by atoms with Gasteiger partial charge in [0.25, 0.3) is 0 Å². The van der Waals surface area contributed by atoms with Crippen LogP contribution in [0.4, 0.5) is 0 Å². The zero-order valence-electron chi connectivity index (χ0n) is 11.4. The monoisotopic (exact) mass is 292 g/mol. The van der Waals surface area contributed by atoms with Gasteiger partial charge in [-0.3, -0.25) is 9.59 Å². The first-order valence-electron chi connectivity index (χ1n) is 6.43. The van der Waals surface area contributed by atoms with E-state index in [1.54, 1.807) is 0 Å². The quantitative estimate of drug-likeness (QED) is 0.825. The summed E-state index contributed by atoms with van der Waals surface area (Å²) in [6, 6.07) is 5.74. The van der Waals surface area contributed by atoms with Gasteiger partial charge in [-0.1, -0.05) is 0 Å². The van der Waals surface area contributed by atoms with E-state index in [4.69, 9.17) is 9.84 Å². The highest BCUT2D eigenvalue weighted by Gasteiger charge is 2.13. The minimum atomic E-state index is -0.950. The van der Waals surface area contributed by atoms with Gasteiger partial charge in [0.05, 0.1) is 17.9 Å². The molecule has 0 unspecified atom stereocenters. The molecule has 1 aromatic heterocycles. The van der Waals surface area contributed by atoms with Crippen molar-refractivity contribution in [3.63, 3.8) is 0 Å². The molecule has 0 spiro atoms. The van der Waals surface area contributed by atoms with E-state index >= 15 is 0 Å². The van der Waals surface area contributed by atoms with E-state index in [9.17, 15) is 9.59 Å². The van der Waals surface area contributed by atoms with Crippen molar-refractivity contribution in [2.75, 3.05) is 6.61 Å². The van der Waals surface area contributed by atoms with E-state index in [0.29, 0.717) is 11.5 Å². The summed E-state index contributed by atoms with van der Waals surface area (Å²) in [5, 5.41) is 9.58. The van der Waals surface area contributed by atoms with E-state index in [0.717, 1.165) is 21.4 Å². The molecule has 2 rings (SSSR count). The molecule has 0 saturated heterocycles. The van der Waals surface area contributed by atoms with Gasteiger partial charge in [-0.05, 0) is 43.0 Å². The second-order valence-electron chi connectivity index (χ2n) is 4.52. The van der Waals surface area contributed by atoms with Crippen molar-refractivity contribution < 1.29 is 19.4 Å². The second-order valence-corrected chi connectivity index (χ2v) is 5.60. The number of carbonyl (C=O) groups is 2. The van der Waals surface area contributed by atoms with Crippen molar-refractivity contribution in [3.8, 4) is 5.75 Å². The molecule has 20 heavy (non-hydrogen) atoms. The Bertz CT molecular complexity index is 657. The third-order valence-corrected chi connectivity index (χ3v) is 4.09.